The van der Waals surface area contributed by atoms with E-state index < -0.39 is 242 Å². The first-order valence-electron chi connectivity index (χ1n) is 33.4. The molecule has 0 amide bonds. The van der Waals surface area contributed by atoms with E-state index in [0.29, 0.717) is 32.1 Å². The van der Waals surface area contributed by atoms with Gasteiger partial charge >= 0.3 is 17.9 Å². The Morgan fingerprint density at radius 2 is 1.12 bits per heavy atom. The van der Waals surface area contributed by atoms with E-state index >= 15 is 4.79 Å². The first-order valence-corrected chi connectivity index (χ1v) is 33.4. The van der Waals surface area contributed by atoms with Crippen LogP contribution in [0.2, 0.25) is 0 Å². The third kappa shape index (κ3) is 12.8. The van der Waals surface area contributed by atoms with Crippen LogP contribution in [0, 0.1) is 50.2 Å². The van der Waals surface area contributed by atoms with Crippen molar-refractivity contribution in [3.8, 4) is 0 Å². The average molecular weight is 1350 g/mol. The van der Waals surface area contributed by atoms with Crippen LogP contribution in [-0.4, -0.2) is 274 Å². The highest BCUT2D eigenvalue weighted by Gasteiger charge is 2.73. The fourth-order valence-electron chi connectivity index (χ4n) is 18.6. The van der Waals surface area contributed by atoms with Crippen LogP contribution < -0.4 is 0 Å². The molecule has 94 heavy (non-hydrogen) atoms. The first kappa shape index (κ1) is 73.9. The number of aliphatic hydroxyl groups is 14. The predicted molar refractivity (Wildman–Crippen MR) is 318 cm³/mol. The minimum Gasteiger partial charge on any atom is -0.462 e. The molecule has 10 aliphatic rings. The molecular formula is C65H104O29. The smallest absolute Gasteiger partial charge is 0.317 e. The van der Waals surface area contributed by atoms with Gasteiger partial charge in [-0.1, -0.05) is 53.2 Å². The summed E-state index contributed by atoms with van der Waals surface area (Å²) in [5.74, 6) is -3.66. The fraction of sp³-hybridized carbons (Fsp3) is 0.923. The highest BCUT2D eigenvalue weighted by atomic mass is 16.8. The van der Waals surface area contributed by atoms with Gasteiger partial charge in [0.15, 0.2) is 37.4 Å². The van der Waals surface area contributed by atoms with Crippen molar-refractivity contribution in [3.05, 3.63) is 11.6 Å². The molecular weight excluding hydrogens is 1240 g/mol. The molecule has 0 radical (unpaired) electrons. The van der Waals surface area contributed by atoms with E-state index in [4.69, 9.17) is 56.8 Å². The van der Waals surface area contributed by atoms with Gasteiger partial charge in [0, 0.05) is 12.3 Å². The van der Waals surface area contributed by atoms with Crippen molar-refractivity contribution in [2.45, 2.75) is 313 Å². The van der Waals surface area contributed by atoms with Crippen molar-refractivity contribution in [3.63, 3.8) is 0 Å². The maximum atomic E-state index is 15.9. The Kier molecular flexibility index (Phi) is 21.5. The Morgan fingerprint density at radius 1 is 0.564 bits per heavy atom. The number of rotatable bonds is 15. The summed E-state index contributed by atoms with van der Waals surface area (Å²) in [6.45, 7) is 20.0. The zero-order valence-electron chi connectivity index (χ0n) is 55.6. The van der Waals surface area contributed by atoms with Crippen LogP contribution in [-0.2, 0) is 71.2 Å². The van der Waals surface area contributed by atoms with Crippen LogP contribution in [0.1, 0.15) is 141 Å². The lowest BCUT2D eigenvalue weighted by atomic mass is 9.33. The third-order valence-electron chi connectivity index (χ3n) is 24.2. The molecule has 5 aliphatic heterocycles. The average Bonchev–Trinajstić information content (AvgIpc) is 0.670. The van der Waals surface area contributed by atoms with Crippen molar-refractivity contribution >= 4 is 17.9 Å². The summed E-state index contributed by atoms with van der Waals surface area (Å²) in [4.78, 5) is 41.6. The Balaban J connectivity index is 0.917. The van der Waals surface area contributed by atoms with Crippen LogP contribution in [0.25, 0.3) is 0 Å². The Morgan fingerprint density at radius 3 is 1.72 bits per heavy atom. The summed E-state index contributed by atoms with van der Waals surface area (Å²) >= 11 is 0. The fourth-order valence-corrected chi connectivity index (χ4v) is 18.6. The second-order valence-electron chi connectivity index (χ2n) is 30.8. The molecule has 0 aromatic carbocycles. The van der Waals surface area contributed by atoms with Crippen molar-refractivity contribution in [1.29, 1.82) is 0 Å². The van der Waals surface area contributed by atoms with E-state index in [2.05, 4.69) is 40.7 Å². The number of carbonyl (C=O) groups excluding carboxylic acids is 3. The van der Waals surface area contributed by atoms with E-state index in [1.54, 1.807) is 0 Å². The van der Waals surface area contributed by atoms with Gasteiger partial charge < -0.3 is 128 Å². The zero-order valence-corrected chi connectivity index (χ0v) is 55.6. The SMILES string of the molecule is CC(=O)O[C@@H](C)CC(=O)O[C@H]1[C@@H](O)[C@@H](C)O[C@@H](OC(=O)[C@]23CCC(C)(C)C[C@H]2C2=CC[C@@H]4[C@@]5(C)C[C@H](O)[C@H](O[C@@H]6O[C@@H](C)[C@H](O)[C@@H](O)[C@H]6O)[C@@](C)(CO)[C@@H]5CC[C@@]4(C)[C@]2(C)C[C@H]3O)[C@@H]1O[C@@H]1O[C@@H](C)[C@H](O[C@@H]2OC[C@@H](O)[C@H](O[C@@H]3O[C@@H](C)[C@H](O)[C@@H](O)[C@H]3O)[C@H]2O)[C@@H](O)[C@H]1O. The molecule has 0 aromatic rings. The van der Waals surface area contributed by atoms with E-state index in [1.165, 1.54) is 34.6 Å². The Labute approximate surface area is 546 Å². The number of ether oxygens (including phenoxy) is 12. The Bertz CT molecular complexity index is 2720. The summed E-state index contributed by atoms with van der Waals surface area (Å²) in [6, 6.07) is 0. The molecule has 5 aliphatic carbocycles. The lowest BCUT2D eigenvalue weighted by Crippen LogP contribution is -2.70. The number of hydrogen-bond acceptors (Lipinski definition) is 29. The van der Waals surface area contributed by atoms with Gasteiger partial charge in [-0.2, -0.15) is 0 Å². The van der Waals surface area contributed by atoms with Crippen LogP contribution in [0.15, 0.2) is 11.6 Å². The van der Waals surface area contributed by atoms with Gasteiger partial charge in [-0.05, 0) is 125 Å². The van der Waals surface area contributed by atoms with Crippen molar-refractivity contribution in [1.82, 2.24) is 0 Å². The standard InChI is InChI=1S/C65H104O29/c1-25(84-30(6)67)19-38(71)89-51-41(74)28(4)87-58(52(51)92-56-47(80)44(77)49(29(5)88-56)90-54-48(81)50(34(69)23-83-54)91-55-45(78)42(75)39(72)26(2)85-55)94-59(82)65-18-17-60(7,8)20-32(65)31-13-14-36-61(9)21-33(68)53(93-57-46(79)43(76)40(73)27(3)86-57)62(10,24-66)35(61)15-16-63(36,11)64(31,12)22-37(65)70/h13,25-29,32-37,39-58,66,68-70,72-81H,14-24H2,1-12H3/t25-,26-,27-,28+,29-,32-,33-,34+,35+,36+,37+,39-,40-,41-,42+,43+,44-,45+,46+,47+,48+,49-,50-,51-,52+,53-,54-,55-,56-,57-,58-,61-,62-,63+,64+,65+/m0/s1. The van der Waals surface area contributed by atoms with Gasteiger partial charge in [0.1, 0.15) is 90.9 Å². The van der Waals surface area contributed by atoms with Crippen LogP contribution in [0.5, 0.6) is 0 Å². The summed E-state index contributed by atoms with van der Waals surface area (Å²) in [7, 11) is 0. The normalized spacial score (nSPS) is 52.9. The molecule has 9 fully saturated rings. The monoisotopic (exact) mass is 1350 g/mol. The molecule has 5 heterocycles. The second kappa shape index (κ2) is 27.3. The van der Waals surface area contributed by atoms with Crippen molar-refractivity contribution in [2.24, 2.45) is 50.2 Å². The number of esters is 3. The van der Waals surface area contributed by atoms with Crippen molar-refractivity contribution < 1.29 is 143 Å². The van der Waals surface area contributed by atoms with Gasteiger partial charge in [0.05, 0.1) is 62.4 Å². The lowest BCUT2D eigenvalue weighted by Gasteiger charge is -2.72. The molecule has 29 nitrogen and oxygen atoms in total. The molecule has 14 N–H and O–H groups in total. The van der Waals surface area contributed by atoms with Gasteiger partial charge in [0.2, 0.25) is 6.29 Å². The van der Waals surface area contributed by atoms with Crippen molar-refractivity contribution in [2.75, 3.05) is 13.2 Å². The summed E-state index contributed by atoms with van der Waals surface area (Å²) < 4.78 is 71.6. The molecule has 0 unspecified atom stereocenters. The highest BCUT2D eigenvalue weighted by Crippen LogP contribution is 2.76. The van der Waals surface area contributed by atoms with Crippen LogP contribution >= 0.6 is 0 Å². The number of carbonyl (C=O) groups is 3. The van der Waals surface area contributed by atoms with E-state index in [-0.39, 0.29) is 36.5 Å². The number of allylic oxidation sites excluding steroid dienone is 2. The molecule has 29 heteroatoms. The minimum atomic E-state index is -2.08. The largest absolute Gasteiger partial charge is 0.462 e. The lowest BCUT2D eigenvalue weighted by molar-refractivity contribution is -0.380. The molecule has 0 bridgehead atoms. The van der Waals surface area contributed by atoms with Gasteiger partial charge in [-0.3, -0.25) is 14.4 Å². The zero-order chi connectivity index (χ0) is 69.2. The summed E-state index contributed by atoms with van der Waals surface area (Å²) in [5.41, 5.74) is -4.21. The van der Waals surface area contributed by atoms with Gasteiger partial charge in [0.25, 0.3) is 0 Å². The van der Waals surface area contributed by atoms with E-state index in [9.17, 15) is 81.1 Å². The van der Waals surface area contributed by atoms with E-state index in [0.717, 1.165) is 12.5 Å². The molecule has 0 aromatic heterocycles. The molecule has 10 rings (SSSR count). The number of aliphatic hydroxyl groups excluding tert-OH is 14. The topological polar surface area (TPSA) is 445 Å². The minimum absolute atomic E-state index is 0.0829. The summed E-state index contributed by atoms with van der Waals surface area (Å²) in [6.07, 6.45) is -38.7. The third-order valence-corrected chi connectivity index (χ3v) is 24.2. The molecule has 36 atom stereocenters. The summed E-state index contributed by atoms with van der Waals surface area (Å²) in [5, 5.41) is 158. The highest BCUT2D eigenvalue weighted by molar-refractivity contribution is 5.80. The molecule has 4 saturated carbocycles. The number of fused-ring (bicyclic) bond motifs is 7. The van der Waals surface area contributed by atoms with E-state index in [1.807, 2.05) is 6.92 Å². The molecule has 5 saturated heterocycles. The van der Waals surface area contributed by atoms with Gasteiger partial charge in [-0.25, -0.2) is 0 Å². The second-order valence-corrected chi connectivity index (χ2v) is 30.8. The quantitative estimate of drug-likeness (QED) is 0.0378. The maximum Gasteiger partial charge on any atom is 0.317 e. The predicted octanol–water partition coefficient (Wildman–Crippen LogP) is -1.65. The van der Waals surface area contributed by atoms with Crippen LogP contribution in [0.4, 0.5) is 0 Å². The molecule has 538 valence electrons. The van der Waals surface area contributed by atoms with Crippen LogP contribution in [0.3, 0.4) is 0 Å². The van der Waals surface area contributed by atoms with Gasteiger partial charge in [-0.15, -0.1) is 0 Å². The maximum absolute atomic E-state index is 15.9. The Hall–Kier alpha value is -2.77. The first-order chi connectivity index (χ1) is 43.8. The molecule has 0 spiro atoms. The number of hydrogen-bond donors (Lipinski definition) is 14.